The molecule has 1 fully saturated rings. The molecular weight excluding hydrogens is 338 g/mol. The van der Waals surface area contributed by atoms with Crippen LogP contribution in [0.3, 0.4) is 0 Å². The van der Waals surface area contributed by atoms with Crippen LogP contribution in [-0.4, -0.2) is 48.5 Å². The summed E-state index contributed by atoms with van der Waals surface area (Å²) >= 11 is 1.45. The van der Waals surface area contributed by atoms with Gasteiger partial charge in [0.2, 0.25) is 11.8 Å². The van der Waals surface area contributed by atoms with Gasteiger partial charge in [-0.2, -0.15) is 0 Å². The Balaban J connectivity index is 1.86. The van der Waals surface area contributed by atoms with Gasteiger partial charge in [0.05, 0.1) is 12.3 Å². The van der Waals surface area contributed by atoms with Crippen molar-refractivity contribution in [2.45, 2.75) is 52.4 Å². The fourth-order valence-corrected chi connectivity index (χ4v) is 3.97. The first-order valence-electron chi connectivity index (χ1n) is 9.00. The molecule has 1 aliphatic rings. The van der Waals surface area contributed by atoms with Crippen LogP contribution >= 0.6 is 11.3 Å². The van der Waals surface area contributed by atoms with Gasteiger partial charge in [0.25, 0.3) is 0 Å². The van der Waals surface area contributed by atoms with Crippen molar-refractivity contribution in [2.75, 3.05) is 32.1 Å². The number of aryl methyl sites for hydroxylation is 2. The van der Waals surface area contributed by atoms with E-state index in [-0.39, 0.29) is 18.4 Å². The highest BCUT2D eigenvalue weighted by molar-refractivity contribution is 7.15. The molecule has 140 valence electrons. The summed E-state index contributed by atoms with van der Waals surface area (Å²) in [4.78, 5) is 31.8. The summed E-state index contributed by atoms with van der Waals surface area (Å²) in [7, 11) is 1.60. The average molecular weight is 368 g/mol. The average Bonchev–Trinajstić information content (AvgIpc) is 3.19. The highest BCUT2D eigenvalue weighted by Gasteiger charge is 2.21. The fourth-order valence-electron chi connectivity index (χ4n) is 3.14. The van der Waals surface area contributed by atoms with Crippen molar-refractivity contribution in [3.8, 4) is 0 Å². The van der Waals surface area contributed by atoms with E-state index in [1.807, 2.05) is 13.8 Å². The van der Waals surface area contributed by atoms with Crippen LogP contribution in [0.25, 0.3) is 0 Å². The van der Waals surface area contributed by atoms with E-state index in [0.717, 1.165) is 17.0 Å². The van der Waals surface area contributed by atoms with Gasteiger partial charge in [-0.25, -0.2) is 4.98 Å². The predicted octanol–water partition coefficient (Wildman–Crippen LogP) is 3.14. The van der Waals surface area contributed by atoms with E-state index in [4.69, 9.17) is 4.74 Å². The highest BCUT2D eigenvalue weighted by Crippen LogP contribution is 2.28. The maximum Gasteiger partial charge on any atom is 0.245 e. The number of hydrogen-bond donors (Lipinski definition) is 1. The van der Waals surface area contributed by atoms with Gasteiger partial charge in [-0.15, -0.1) is 11.3 Å². The molecule has 6 nitrogen and oxygen atoms in total. The molecule has 1 aliphatic carbocycles. The zero-order valence-corrected chi connectivity index (χ0v) is 16.3. The number of methoxy groups -OCH3 is 1. The molecule has 1 heterocycles. The zero-order valence-electron chi connectivity index (χ0n) is 15.5. The Morgan fingerprint density at radius 2 is 2.04 bits per heavy atom. The van der Waals surface area contributed by atoms with Gasteiger partial charge in [0, 0.05) is 25.0 Å². The number of nitrogens with one attached hydrogen (secondary N) is 1. The first-order chi connectivity index (χ1) is 12.0. The van der Waals surface area contributed by atoms with Crippen LogP contribution in [-0.2, 0) is 14.3 Å². The number of amides is 2. The van der Waals surface area contributed by atoms with Crippen molar-refractivity contribution in [3.05, 3.63) is 10.6 Å². The number of rotatable bonds is 9. The molecule has 0 radical (unpaired) electrons. The standard InChI is InChI=1S/C18H29N3O3S/c1-13-14(2)25-18(19-13)20-16(22)12-21(10-11-24-3)17(23)9-8-15-6-4-5-7-15/h15H,4-12H2,1-3H3,(H,19,20,22). The lowest BCUT2D eigenvalue weighted by molar-refractivity contribution is -0.135. The summed E-state index contributed by atoms with van der Waals surface area (Å²) in [5.41, 5.74) is 0.921. The summed E-state index contributed by atoms with van der Waals surface area (Å²) in [6, 6.07) is 0. The molecule has 2 rings (SSSR count). The minimum atomic E-state index is -0.209. The Kier molecular flexibility index (Phi) is 7.84. The lowest BCUT2D eigenvalue weighted by atomic mass is 10.0. The number of ether oxygens (including phenoxy) is 1. The van der Waals surface area contributed by atoms with Gasteiger partial charge in [-0.3, -0.25) is 9.59 Å². The lowest BCUT2D eigenvalue weighted by Crippen LogP contribution is -2.40. The van der Waals surface area contributed by atoms with E-state index < -0.39 is 0 Å². The number of nitrogens with zero attached hydrogens (tertiary/aromatic N) is 2. The second-order valence-corrected chi connectivity index (χ2v) is 7.91. The minimum Gasteiger partial charge on any atom is -0.383 e. The van der Waals surface area contributed by atoms with Gasteiger partial charge in [-0.1, -0.05) is 25.7 Å². The summed E-state index contributed by atoms with van der Waals surface area (Å²) in [6.45, 7) is 4.80. The van der Waals surface area contributed by atoms with E-state index in [9.17, 15) is 9.59 Å². The number of aromatic nitrogens is 1. The van der Waals surface area contributed by atoms with Gasteiger partial charge < -0.3 is 15.0 Å². The Morgan fingerprint density at radius 1 is 1.32 bits per heavy atom. The summed E-state index contributed by atoms with van der Waals surface area (Å²) in [6.07, 6.45) is 6.46. The Morgan fingerprint density at radius 3 is 2.64 bits per heavy atom. The molecule has 0 unspecified atom stereocenters. The monoisotopic (exact) mass is 367 g/mol. The SMILES string of the molecule is COCCN(CC(=O)Nc1nc(C)c(C)s1)C(=O)CCC1CCCC1. The van der Waals surface area contributed by atoms with Crippen LogP contribution < -0.4 is 5.32 Å². The maximum absolute atomic E-state index is 12.5. The van der Waals surface area contributed by atoms with Crippen molar-refractivity contribution in [2.24, 2.45) is 5.92 Å². The largest absolute Gasteiger partial charge is 0.383 e. The zero-order chi connectivity index (χ0) is 18.2. The second kappa shape index (κ2) is 9.87. The molecule has 25 heavy (non-hydrogen) atoms. The number of thiazole rings is 1. The normalized spacial score (nSPS) is 14.7. The van der Waals surface area contributed by atoms with Crippen molar-refractivity contribution >= 4 is 28.3 Å². The third kappa shape index (κ3) is 6.40. The first kappa shape index (κ1) is 19.8. The molecule has 1 aromatic rings. The Bertz CT molecular complexity index is 563. The van der Waals surface area contributed by atoms with E-state index in [1.165, 1.54) is 37.0 Å². The number of hydrogen-bond acceptors (Lipinski definition) is 5. The van der Waals surface area contributed by atoms with Crippen LogP contribution in [0.5, 0.6) is 0 Å². The van der Waals surface area contributed by atoms with E-state index >= 15 is 0 Å². The molecule has 0 saturated heterocycles. The van der Waals surface area contributed by atoms with E-state index in [2.05, 4.69) is 10.3 Å². The molecule has 0 atom stereocenters. The molecule has 2 amide bonds. The van der Waals surface area contributed by atoms with Gasteiger partial charge in [0.1, 0.15) is 6.54 Å². The molecule has 0 spiro atoms. The molecular formula is C18H29N3O3S. The van der Waals surface area contributed by atoms with Crippen LogP contribution in [0.2, 0.25) is 0 Å². The molecule has 0 bridgehead atoms. The smallest absolute Gasteiger partial charge is 0.245 e. The quantitative estimate of drug-likeness (QED) is 0.728. The van der Waals surface area contributed by atoms with Crippen molar-refractivity contribution in [1.29, 1.82) is 0 Å². The van der Waals surface area contributed by atoms with Crippen molar-refractivity contribution < 1.29 is 14.3 Å². The molecule has 1 N–H and O–H groups in total. The summed E-state index contributed by atoms with van der Waals surface area (Å²) in [5, 5.41) is 3.38. The summed E-state index contributed by atoms with van der Waals surface area (Å²) < 4.78 is 5.08. The molecule has 0 aromatic carbocycles. The first-order valence-corrected chi connectivity index (χ1v) is 9.82. The highest BCUT2D eigenvalue weighted by atomic mass is 32.1. The number of anilines is 1. The van der Waals surface area contributed by atoms with Gasteiger partial charge >= 0.3 is 0 Å². The fraction of sp³-hybridized carbons (Fsp3) is 0.722. The molecule has 0 aliphatic heterocycles. The van der Waals surface area contributed by atoms with Crippen molar-refractivity contribution in [1.82, 2.24) is 9.88 Å². The molecule has 1 aromatic heterocycles. The lowest BCUT2D eigenvalue weighted by Gasteiger charge is -2.22. The van der Waals surface area contributed by atoms with Crippen LogP contribution in [0, 0.1) is 19.8 Å². The molecule has 1 saturated carbocycles. The number of carbonyl (C=O) groups is 2. The predicted molar refractivity (Wildman–Crippen MR) is 99.9 cm³/mol. The van der Waals surface area contributed by atoms with E-state index in [0.29, 0.717) is 30.6 Å². The number of carbonyl (C=O) groups excluding carboxylic acids is 2. The second-order valence-electron chi connectivity index (χ2n) is 6.71. The Labute approximate surface area is 154 Å². The third-order valence-electron chi connectivity index (χ3n) is 4.77. The topological polar surface area (TPSA) is 71.5 Å². The van der Waals surface area contributed by atoms with Crippen LogP contribution in [0.1, 0.15) is 49.1 Å². The van der Waals surface area contributed by atoms with Gasteiger partial charge in [-0.05, 0) is 26.2 Å². The summed E-state index contributed by atoms with van der Waals surface area (Å²) in [5.74, 6) is 0.494. The van der Waals surface area contributed by atoms with Crippen molar-refractivity contribution in [3.63, 3.8) is 0 Å². The van der Waals surface area contributed by atoms with Crippen LogP contribution in [0.15, 0.2) is 0 Å². The van der Waals surface area contributed by atoms with E-state index in [1.54, 1.807) is 12.0 Å². The molecule has 7 heteroatoms. The Hall–Kier alpha value is -1.47. The van der Waals surface area contributed by atoms with Gasteiger partial charge in [0.15, 0.2) is 5.13 Å². The maximum atomic E-state index is 12.5. The third-order valence-corrected chi connectivity index (χ3v) is 5.76. The van der Waals surface area contributed by atoms with Crippen LogP contribution in [0.4, 0.5) is 5.13 Å². The minimum absolute atomic E-state index is 0.0330.